The number of rotatable bonds is 4. The van der Waals surface area contributed by atoms with E-state index in [1.54, 1.807) is 0 Å². The largest absolute Gasteiger partial charge is 0.310 e. The van der Waals surface area contributed by atoms with Crippen LogP contribution in [0, 0.1) is 6.92 Å². The van der Waals surface area contributed by atoms with E-state index in [9.17, 15) is 4.79 Å². The third-order valence-electron chi connectivity index (χ3n) is 3.90. The Morgan fingerprint density at radius 1 is 1.14 bits per heavy atom. The maximum Gasteiger partial charge on any atom is 0.227 e. The lowest BCUT2D eigenvalue weighted by atomic mass is 10.1. The summed E-state index contributed by atoms with van der Waals surface area (Å²) in [6.45, 7) is 4.60. The van der Waals surface area contributed by atoms with Crippen LogP contribution in [0.5, 0.6) is 0 Å². The molecule has 0 bridgehead atoms. The fraction of sp³-hybridized carbons (Fsp3) is 0.222. The fourth-order valence-electron chi connectivity index (χ4n) is 2.77. The number of aromatic nitrogens is 2. The van der Waals surface area contributed by atoms with Crippen molar-refractivity contribution in [1.82, 2.24) is 4.40 Å². The van der Waals surface area contributed by atoms with Gasteiger partial charge in [0, 0.05) is 17.7 Å². The molecule has 0 saturated heterocycles. The first-order valence-corrected chi connectivity index (χ1v) is 7.28. The molecule has 0 fully saturated rings. The van der Waals surface area contributed by atoms with Crippen molar-refractivity contribution in [2.75, 3.05) is 0 Å². The number of ketones is 1. The van der Waals surface area contributed by atoms with Crippen molar-refractivity contribution in [3.8, 4) is 0 Å². The van der Waals surface area contributed by atoms with Gasteiger partial charge >= 0.3 is 0 Å². The smallest absolute Gasteiger partial charge is 0.227 e. The molecule has 0 radical (unpaired) electrons. The molecule has 3 rings (SSSR count). The van der Waals surface area contributed by atoms with E-state index in [0.717, 1.165) is 12.0 Å². The molecule has 0 aliphatic rings. The van der Waals surface area contributed by atoms with Crippen LogP contribution in [0.15, 0.2) is 54.9 Å². The Morgan fingerprint density at radius 3 is 2.62 bits per heavy atom. The van der Waals surface area contributed by atoms with Crippen LogP contribution in [0.2, 0.25) is 0 Å². The number of carbonyl (C=O) groups is 1. The average molecular weight is 279 g/mol. The molecule has 1 aromatic carbocycles. The maximum atomic E-state index is 12.4. The summed E-state index contributed by atoms with van der Waals surface area (Å²) >= 11 is 0. The lowest BCUT2D eigenvalue weighted by Gasteiger charge is -2.05. The molecule has 106 valence electrons. The summed E-state index contributed by atoms with van der Waals surface area (Å²) < 4.78 is 4.23. The highest BCUT2D eigenvalue weighted by Crippen LogP contribution is 2.12. The third-order valence-corrected chi connectivity index (χ3v) is 3.90. The van der Waals surface area contributed by atoms with Crippen molar-refractivity contribution >= 4 is 11.3 Å². The normalized spacial score (nSPS) is 11.0. The molecule has 0 spiro atoms. The van der Waals surface area contributed by atoms with E-state index < -0.39 is 0 Å². The van der Waals surface area contributed by atoms with Crippen LogP contribution in [0.25, 0.3) is 5.52 Å². The molecule has 0 aliphatic heterocycles. The molecule has 0 N–H and O–H groups in total. The molecule has 3 heteroatoms. The first kappa shape index (κ1) is 13.6. The summed E-state index contributed by atoms with van der Waals surface area (Å²) in [4.78, 5) is 12.4. The highest BCUT2D eigenvalue weighted by molar-refractivity contribution is 5.95. The summed E-state index contributed by atoms with van der Waals surface area (Å²) in [5, 5.41) is 0. The monoisotopic (exact) mass is 279 g/mol. The lowest BCUT2D eigenvalue weighted by molar-refractivity contribution is -0.689. The Kier molecular flexibility index (Phi) is 3.57. The quantitative estimate of drug-likeness (QED) is 0.532. The zero-order chi connectivity index (χ0) is 14.8. The molecule has 0 atom stereocenters. The van der Waals surface area contributed by atoms with Gasteiger partial charge in [-0.3, -0.25) is 4.79 Å². The van der Waals surface area contributed by atoms with Crippen LogP contribution in [-0.4, -0.2) is 10.2 Å². The highest BCUT2D eigenvalue weighted by Gasteiger charge is 2.18. The third kappa shape index (κ3) is 2.47. The van der Waals surface area contributed by atoms with Crippen molar-refractivity contribution in [2.45, 2.75) is 26.8 Å². The minimum Gasteiger partial charge on any atom is -0.310 e. The molecule has 0 saturated carbocycles. The standard InChI is InChI=1S/C18H19N2O/c1-3-16-17-10-9-14(2)20(17)12-11-19(16)13-18(21)15-7-5-4-6-8-15/h4-12H,3,13H2,1-2H3/q+1. The first-order valence-electron chi connectivity index (χ1n) is 7.28. The number of benzene rings is 1. The van der Waals surface area contributed by atoms with E-state index in [-0.39, 0.29) is 5.78 Å². The molecule has 0 amide bonds. The minimum absolute atomic E-state index is 0.142. The Labute approximate surface area is 124 Å². The summed E-state index contributed by atoms with van der Waals surface area (Å²) in [5.74, 6) is 0.142. The first-order chi connectivity index (χ1) is 10.2. The van der Waals surface area contributed by atoms with Gasteiger partial charge in [-0.25, -0.2) is 0 Å². The van der Waals surface area contributed by atoms with Gasteiger partial charge in [-0.1, -0.05) is 37.3 Å². The molecule has 0 aliphatic carbocycles. The highest BCUT2D eigenvalue weighted by atomic mass is 16.1. The summed E-state index contributed by atoms with van der Waals surface area (Å²) in [6.07, 6.45) is 4.93. The van der Waals surface area contributed by atoms with E-state index in [0.29, 0.717) is 6.54 Å². The second-order valence-corrected chi connectivity index (χ2v) is 5.25. The summed E-state index contributed by atoms with van der Waals surface area (Å²) in [7, 11) is 0. The van der Waals surface area contributed by atoms with Crippen LogP contribution in [-0.2, 0) is 13.0 Å². The number of hydrogen-bond acceptors (Lipinski definition) is 1. The Bertz CT molecular complexity index is 788. The van der Waals surface area contributed by atoms with Crippen molar-refractivity contribution < 1.29 is 9.36 Å². The molecule has 3 aromatic rings. The van der Waals surface area contributed by atoms with Crippen LogP contribution in [0.1, 0.15) is 28.7 Å². The number of fused-ring (bicyclic) bond motifs is 1. The van der Waals surface area contributed by atoms with Gasteiger partial charge in [-0.2, -0.15) is 4.57 Å². The lowest BCUT2D eigenvalue weighted by Crippen LogP contribution is -2.42. The van der Waals surface area contributed by atoms with Crippen molar-refractivity contribution in [1.29, 1.82) is 0 Å². The Morgan fingerprint density at radius 2 is 1.90 bits per heavy atom. The molecule has 3 nitrogen and oxygen atoms in total. The molecular weight excluding hydrogens is 260 g/mol. The molecule has 2 aromatic heterocycles. The van der Waals surface area contributed by atoms with Crippen molar-refractivity contribution in [3.63, 3.8) is 0 Å². The Balaban J connectivity index is 1.99. The van der Waals surface area contributed by atoms with Crippen LogP contribution in [0.4, 0.5) is 0 Å². The van der Waals surface area contributed by atoms with Crippen molar-refractivity contribution in [3.05, 3.63) is 71.8 Å². The van der Waals surface area contributed by atoms with Crippen molar-refractivity contribution in [2.24, 2.45) is 0 Å². The van der Waals surface area contributed by atoms with Crippen LogP contribution >= 0.6 is 0 Å². The number of aryl methyl sites for hydroxylation is 2. The van der Waals surface area contributed by atoms with Gasteiger partial charge in [0.2, 0.25) is 18.0 Å². The zero-order valence-corrected chi connectivity index (χ0v) is 12.4. The van der Waals surface area contributed by atoms with Crippen LogP contribution in [0.3, 0.4) is 0 Å². The molecular formula is C18H19N2O+. The molecule has 0 unspecified atom stereocenters. The topological polar surface area (TPSA) is 25.4 Å². The van der Waals surface area contributed by atoms with E-state index in [2.05, 4.69) is 34.9 Å². The molecule has 2 heterocycles. The van der Waals surface area contributed by atoms with Gasteiger partial charge in [-0.05, 0) is 19.1 Å². The van der Waals surface area contributed by atoms with Crippen LogP contribution < -0.4 is 4.57 Å². The fourth-order valence-corrected chi connectivity index (χ4v) is 2.77. The van der Waals surface area contributed by atoms with Gasteiger partial charge in [0.25, 0.3) is 0 Å². The number of carbonyl (C=O) groups excluding carboxylic acids is 1. The summed E-state index contributed by atoms with van der Waals surface area (Å²) in [5.41, 5.74) is 4.34. The SMILES string of the molecule is CCc1c2ccc(C)n2cc[n+]1CC(=O)c1ccccc1. The average Bonchev–Trinajstić information content (AvgIpc) is 2.89. The zero-order valence-electron chi connectivity index (χ0n) is 12.4. The second-order valence-electron chi connectivity index (χ2n) is 5.25. The van der Waals surface area contributed by atoms with Gasteiger partial charge in [0.1, 0.15) is 5.52 Å². The second kappa shape index (κ2) is 5.52. The Hall–Kier alpha value is -2.42. The van der Waals surface area contributed by atoms with E-state index in [1.165, 1.54) is 16.9 Å². The predicted octanol–water partition coefficient (Wildman–Crippen LogP) is 2.98. The predicted molar refractivity (Wildman–Crippen MR) is 82.5 cm³/mol. The number of nitrogens with zero attached hydrogens (tertiary/aromatic N) is 2. The number of hydrogen-bond donors (Lipinski definition) is 0. The molecule has 21 heavy (non-hydrogen) atoms. The van der Waals surface area contributed by atoms with E-state index in [1.807, 2.05) is 42.7 Å². The van der Waals surface area contributed by atoms with Gasteiger partial charge in [0.05, 0.1) is 6.20 Å². The van der Waals surface area contributed by atoms with Gasteiger partial charge in [-0.15, -0.1) is 0 Å². The maximum absolute atomic E-state index is 12.4. The van der Waals surface area contributed by atoms with E-state index in [4.69, 9.17) is 0 Å². The minimum atomic E-state index is 0.142. The van der Waals surface area contributed by atoms with Gasteiger partial charge < -0.3 is 4.40 Å². The number of Topliss-reactive ketones (excluding diaryl/α,β-unsaturated/α-hetero) is 1. The van der Waals surface area contributed by atoms with Gasteiger partial charge in [0.15, 0.2) is 6.20 Å². The summed E-state index contributed by atoms with van der Waals surface area (Å²) in [6, 6.07) is 13.7. The van der Waals surface area contributed by atoms with E-state index >= 15 is 0 Å².